The third kappa shape index (κ3) is 5.04. The van der Waals surface area contributed by atoms with Crippen molar-refractivity contribution in [2.24, 2.45) is 0 Å². The molecular weight excluding hydrogens is 442 g/mol. The Morgan fingerprint density at radius 1 is 1.03 bits per heavy atom. The molecule has 4 aromatic rings. The second-order valence-corrected chi connectivity index (χ2v) is 9.01. The molecule has 184 valence electrons. The van der Waals surface area contributed by atoms with Crippen molar-refractivity contribution < 1.29 is 14.2 Å². The number of nitrogens with one attached hydrogen (secondary N) is 1. The summed E-state index contributed by atoms with van der Waals surface area (Å²) in [4.78, 5) is 17.8. The van der Waals surface area contributed by atoms with Crippen molar-refractivity contribution in [2.75, 3.05) is 58.5 Å². The molecule has 35 heavy (non-hydrogen) atoms. The zero-order valence-corrected chi connectivity index (χ0v) is 20.7. The molecule has 0 unspecified atom stereocenters. The van der Waals surface area contributed by atoms with Crippen LogP contribution in [0.1, 0.15) is 17.5 Å². The van der Waals surface area contributed by atoms with E-state index >= 15 is 0 Å². The summed E-state index contributed by atoms with van der Waals surface area (Å²) >= 11 is 0. The molecule has 1 aliphatic heterocycles. The van der Waals surface area contributed by atoms with Crippen molar-refractivity contribution in [3.05, 3.63) is 53.9 Å². The number of aromatic nitrogens is 3. The molecule has 0 aliphatic carbocycles. The lowest BCUT2D eigenvalue weighted by Crippen LogP contribution is -2.38. The molecule has 1 fully saturated rings. The highest BCUT2D eigenvalue weighted by atomic mass is 16.5. The molecule has 0 bridgehead atoms. The van der Waals surface area contributed by atoms with Crippen molar-refractivity contribution in [1.29, 1.82) is 0 Å². The van der Waals surface area contributed by atoms with Crippen molar-refractivity contribution in [3.8, 4) is 11.5 Å². The number of fused-ring (bicyclic) bond motifs is 3. The normalized spacial score (nSPS) is 14.5. The first-order valence-corrected chi connectivity index (χ1v) is 12.2. The molecule has 0 spiro atoms. The fourth-order valence-electron chi connectivity index (χ4n) is 4.80. The first kappa shape index (κ1) is 23.4. The first-order valence-electron chi connectivity index (χ1n) is 12.2. The lowest BCUT2D eigenvalue weighted by atomic mass is 10.1. The average Bonchev–Trinajstić information content (AvgIpc) is 3.26. The van der Waals surface area contributed by atoms with Gasteiger partial charge in [-0.3, -0.25) is 4.90 Å². The summed E-state index contributed by atoms with van der Waals surface area (Å²) in [5.74, 6) is 2.37. The van der Waals surface area contributed by atoms with Gasteiger partial charge in [0.05, 0.1) is 27.4 Å². The number of hydrogen-bond donors (Lipinski definition) is 1. The summed E-state index contributed by atoms with van der Waals surface area (Å²) in [5, 5.41) is 1.13. The van der Waals surface area contributed by atoms with E-state index < -0.39 is 0 Å². The standard InChI is InChI=1S/C27H33N5O3/c1-19-5-7-22-21(15-19)25-26(30-22)27(29-18-28-25)32(10-4-9-31-11-13-35-14-12-31)17-20-6-8-23(33-2)24(16-20)34-3/h5-8,15-16,18,30H,4,9-14,17H2,1-3H3. The maximum Gasteiger partial charge on any atom is 0.161 e. The zero-order valence-electron chi connectivity index (χ0n) is 20.7. The zero-order chi connectivity index (χ0) is 24.2. The summed E-state index contributed by atoms with van der Waals surface area (Å²) < 4.78 is 16.5. The van der Waals surface area contributed by atoms with Crippen LogP contribution in [0.25, 0.3) is 21.9 Å². The van der Waals surface area contributed by atoms with E-state index in [-0.39, 0.29) is 0 Å². The third-order valence-corrected chi connectivity index (χ3v) is 6.64. The minimum atomic E-state index is 0.698. The van der Waals surface area contributed by atoms with Crippen LogP contribution in [0.5, 0.6) is 11.5 Å². The van der Waals surface area contributed by atoms with Gasteiger partial charge in [-0.25, -0.2) is 9.97 Å². The van der Waals surface area contributed by atoms with Crippen molar-refractivity contribution >= 4 is 27.8 Å². The van der Waals surface area contributed by atoms with Crippen LogP contribution in [-0.4, -0.2) is 73.5 Å². The van der Waals surface area contributed by atoms with Gasteiger partial charge in [-0.1, -0.05) is 17.7 Å². The Bertz CT molecular complexity index is 1300. The predicted octanol–water partition coefficient (Wildman–Crippen LogP) is 4.17. The van der Waals surface area contributed by atoms with Crippen LogP contribution in [0.15, 0.2) is 42.7 Å². The Morgan fingerprint density at radius 3 is 2.66 bits per heavy atom. The fourth-order valence-corrected chi connectivity index (χ4v) is 4.80. The highest BCUT2D eigenvalue weighted by molar-refractivity contribution is 6.08. The topological polar surface area (TPSA) is 75.7 Å². The van der Waals surface area contributed by atoms with E-state index in [1.807, 2.05) is 12.1 Å². The van der Waals surface area contributed by atoms with Gasteiger partial charge in [-0.15, -0.1) is 0 Å². The molecule has 0 amide bonds. The molecule has 8 nitrogen and oxygen atoms in total. The molecule has 0 radical (unpaired) electrons. The summed E-state index contributed by atoms with van der Waals surface area (Å²) in [5.41, 5.74) is 5.35. The number of benzene rings is 2. The average molecular weight is 476 g/mol. The highest BCUT2D eigenvalue weighted by Gasteiger charge is 2.18. The molecule has 2 aromatic heterocycles. The van der Waals surface area contributed by atoms with Crippen LogP contribution in [0.2, 0.25) is 0 Å². The monoisotopic (exact) mass is 475 g/mol. The molecule has 5 rings (SSSR count). The van der Waals surface area contributed by atoms with Crippen LogP contribution in [-0.2, 0) is 11.3 Å². The van der Waals surface area contributed by atoms with Crippen LogP contribution in [0, 0.1) is 6.92 Å². The van der Waals surface area contributed by atoms with Gasteiger partial charge in [0.2, 0.25) is 0 Å². The molecular formula is C27H33N5O3. The Kier molecular flexibility index (Phi) is 7.01. The van der Waals surface area contributed by atoms with E-state index in [1.54, 1.807) is 20.5 Å². The van der Waals surface area contributed by atoms with E-state index in [1.165, 1.54) is 5.56 Å². The van der Waals surface area contributed by atoms with Crippen LogP contribution >= 0.6 is 0 Å². The second kappa shape index (κ2) is 10.5. The van der Waals surface area contributed by atoms with E-state index in [0.717, 1.165) is 90.6 Å². The van der Waals surface area contributed by atoms with Crippen molar-refractivity contribution in [1.82, 2.24) is 19.9 Å². The number of methoxy groups -OCH3 is 2. The molecule has 3 heterocycles. The number of aryl methyl sites for hydroxylation is 1. The van der Waals surface area contributed by atoms with E-state index in [9.17, 15) is 0 Å². The van der Waals surface area contributed by atoms with Crippen LogP contribution in [0.3, 0.4) is 0 Å². The molecule has 0 saturated carbocycles. The van der Waals surface area contributed by atoms with Crippen LogP contribution < -0.4 is 14.4 Å². The number of H-pyrrole nitrogens is 1. The fraction of sp³-hybridized carbons (Fsp3) is 0.407. The molecule has 8 heteroatoms. The van der Waals surface area contributed by atoms with E-state index in [4.69, 9.17) is 19.2 Å². The largest absolute Gasteiger partial charge is 0.493 e. The Balaban J connectivity index is 1.47. The molecule has 1 saturated heterocycles. The van der Waals surface area contributed by atoms with Gasteiger partial charge in [0.25, 0.3) is 0 Å². The summed E-state index contributed by atoms with van der Waals surface area (Å²) in [6, 6.07) is 12.5. The summed E-state index contributed by atoms with van der Waals surface area (Å²) in [7, 11) is 3.33. The molecule has 2 aromatic carbocycles. The van der Waals surface area contributed by atoms with Gasteiger partial charge >= 0.3 is 0 Å². The van der Waals surface area contributed by atoms with Gasteiger partial charge in [0, 0.05) is 43.6 Å². The Hall–Kier alpha value is -3.36. The van der Waals surface area contributed by atoms with E-state index in [0.29, 0.717) is 6.54 Å². The van der Waals surface area contributed by atoms with Crippen molar-refractivity contribution in [3.63, 3.8) is 0 Å². The third-order valence-electron chi connectivity index (χ3n) is 6.64. The molecule has 1 N–H and O–H groups in total. The number of ether oxygens (including phenoxy) is 3. The van der Waals surface area contributed by atoms with Gasteiger partial charge in [0.1, 0.15) is 17.4 Å². The number of anilines is 1. The van der Waals surface area contributed by atoms with Gasteiger partial charge < -0.3 is 24.1 Å². The van der Waals surface area contributed by atoms with Crippen LogP contribution in [0.4, 0.5) is 5.82 Å². The highest BCUT2D eigenvalue weighted by Crippen LogP contribution is 2.32. The molecule has 1 aliphatic rings. The quantitative estimate of drug-likeness (QED) is 0.389. The SMILES string of the molecule is COc1ccc(CN(CCCN2CCOCC2)c2ncnc3c2[nH]c2ccc(C)cc23)cc1OC. The number of aromatic amines is 1. The maximum atomic E-state index is 5.55. The summed E-state index contributed by atoms with van der Waals surface area (Å²) in [6.07, 6.45) is 2.70. The minimum absolute atomic E-state index is 0.698. The molecule has 0 atom stereocenters. The van der Waals surface area contributed by atoms with Gasteiger partial charge in [-0.2, -0.15) is 0 Å². The minimum Gasteiger partial charge on any atom is -0.493 e. The predicted molar refractivity (Wildman–Crippen MR) is 139 cm³/mol. The number of nitrogens with zero attached hydrogens (tertiary/aromatic N) is 4. The number of morpholine rings is 1. The number of hydrogen-bond acceptors (Lipinski definition) is 7. The maximum absolute atomic E-state index is 5.55. The van der Waals surface area contributed by atoms with E-state index in [2.05, 4.69) is 51.0 Å². The first-order chi connectivity index (χ1) is 17.2. The van der Waals surface area contributed by atoms with Gasteiger partial charge in [0.15, 0.2) is 17.3 Å². The van der Waals surface area contributed by atoms with Gasteiger partial charge in [-0.05, 0) is 43.2 Å². The Morgan fingerprint density at radius 2 is 1.86 bits per heavy atom. The Labute approximate surface area is 205 Å². The smallest absolute Gasteiger partial charge is 0.161 e. The second-order valence-electron chi connectivity index (χ2n) is 9.01. The lowest BCUT2D eigenvalue weighted by molar-refractivity contribution is 0.0376. The van der Waals surface area contributed by atoms with Crippen molar-refractivity contribution in [2.45, 2.75) is 19.9 Å². The number of rotatable bonds is 9. The lowest BCUT2D eigenvalue weighted by Gasteiger charge is -2.29. The summed E-state index contributed by atoms with van der Waals surface area (Å²) in [6.45, 7) is 8.33.